The molecular weight excluding hydrogens is 415 g/mol. The van der Waals surface area contributed by atoms with Crippen molar-refractivity contribution in [2.75, 3.05) is 6.61 Å². The number of hydrogen-bond acceptors (Lipinski definition) is 5. The number of nitrogens with zero attached hydrogens (tertiary/aromatic N) is 1. The summed E-state index contributed by atoms with van der Waals surface area (Å²) in [5.74, 6) is 0. The van der Waals surface area contributed by atoms with Gasteiger partial charge in [-0.25, -0.2) is 4.79 Å². The van der Waals surface area contributed by atoms with Crippen molar-refractivity contribution in [2.45, 2.75) is 22.4 Å². The van der Waals surface area contributed by atoms with Crippen molar-refractivity contribution in [3.8, 4) is 11.1 Å². The predicted molar refractivity (Wildman–Crippen MR) is 91.6 cm³/mol. The predicted octanol–water partition coefficient (Wildman–Crippen LogP) is 0.258. The minimum atomic E-state index is -0.899. The third-order valence-electron chi connectivity index (χ3n) is 3.80. The molecule has 3 rings (SSSR count). The van der Waals surface area contributed by atoms with Crippen molar-refractivity contribution in [3.63, 3.8) is 0 Å². The van der Waals surface area contributed by atoms with Crippen molar-refractivity contribution >= 4 is 22.6 Å². The Morgan fingerprint density at radius 1 is 1.26 bits per heavy atom. The van der Waals surface area contributed by atoms with Gasteiger partial charge in [-0.3, -0.25) is 14.3 Å². The van der Waals surface area contributed by atoms with E-state index < -0.39 is 33.6 Å². The molecule has 8 heteroatoms. The Labute approximate surface area is 144 Å². The summed E-state index contributed by atoms with van der Waals surface area (Å²) in [6.07, 6.45) is -1.00. The summed E-state index contributed by atoms with van der Waals surface area (Å²) in [6.45, 7) is -0.346. The van der Waals surface area contributed by atoms with Crippen molar-refractivity contribution in [2.24, 2.45) is 0 Å². The van der Waals surface area contributed by atoms with E-state index in [-0.39, 0.29) is 6.61 Å². The van der Waals surface area contributed by atoms with Crippen LogP contribution in [0, 0.1) is 0 Å². The Hall–Kier alpha value is -1.49. The highest BCUT2D eigenvalue weighted by molar-refractivity contribution is 14.1. The first-order chi connectivity index (χ1) is 11.0. The molecule has 0 amide bonds. The van der Waals surface area contributed by atoms with E-state index in [1.54, 1.807) is 24.3 Å². The molecule has 122 valence electrons. The monoisotopic (exact) mass is 430 g/mol. The Morgan fingerprint density at radius 3 is 2.57 bits per heavy atom. The summed E-state index contributed by atoms with van der Waals surface area (Å²) in [7, 11) is 0. The zero-order valence-corrected chi connectivity index (χ0v) is 14.1. The van der Waals surface area contributed by atoms with Gasteiger partial charge in [0.05, 0.1) is 22.2 Å². The number of aromatic amines is 1. The molecule has 1 aliphatic rings. The molecule has 1 aromatic carbocycles. The first-order valence-corrected chi connectivity index (χ1v) is 8.27. The standard InChI is InChI=1S/C15H15IN2O5/c16-11-12(20)10(7-19)23-14(11)18-6-9(13(21)17-15(18)22)8-4-2-1-3-5-8/h1-6,10-12,14,19-20H,7H2,(H,17,21,22)/t10-,11?,12-,14-/m1/s1. The molecule has 1 aliphatic heterocycles. The molecule has 2 aromatic rings. The van der Waals surface area contributed by atoms with Crippen LogP contribution in [0.3, 0.4) is 0 Å². The molecule has 7 nitrogen and oxygen atoms in total. The van der Waals surface area contributed by atoms with Gasteiger partial charge >= 0.3 is 5.69 Å². The number of H-pyrrole nitrogens is 1. The van der Waals surface area contributed by atoms with Crippen LogP contribution in [-0.2, 0) is 4.74 Å². The van der Waals surface area contributed by atoms with Gasteiger partial charge in [0.1, 0.15) is 6.10 Å². The first kappa shape index (κ1) is 16.4. The zero-order valence-electron chi connectivity index (χ0n) is 11.9. The van der Waals surface area contributed by atoms with Gasteiger partial charge in [-0.2, -0.15) is 0 Å². The second-order valence-electron chi connectivity index (χ2n) is 5.26. The quantitative estimate of drug-likeness (QED) is 0.479. The summed E-state index contributed by atoms with van der Waals surface area (Å²) in [5, 5.41) is 19.3. The van der Waals surface area contributed by atoms with Crippen LogP contribution in [0.2, 0.25) is 0 Å². The van der Waals surface area contributed by atoms with Crippen LogP contribution in [0.5, 0.6) is 0 Å². The zero-order chi connectivity index (χ0) is 16.6. The summed E-state index contributed by atoms with van der Waals surface area (Å²) in [5.41, 5.74) is -0.101. The molecule has 4 atom stereocenters. The maximum atomic E-state index is 12.1. The number of aliphatic hydroxyl groups is 2. The lowest BCUT2D eigenvalue weighted by Crippen LogP contribution is -2.36. The van der Waals surface area contributed by atoms with Gasteiger partial charge in [0.15, 0.2) is 6.23 Å². The van der Waals surface area contributed by atoms with E-state index in [4.69, 9.17) is 4.74 Å². The van der Waals surface area contributed by atoms with Crippen molar-refractivity contribution in [1.29, 1.82) is 0 Å². The smallest absolute Gasteiger partial charge is 0.330 e. The van der Waals surface area contributed by atoms with Gasteiger partial charge in [-0.05, 0) is 5.56 Å². The van der Waals surface area contributed by atoms with Gasteiger partial charge in [-0.1, -0.05) is 52.9 Å². The Bertz CT molecular complexity index is 804. The Balaban J connectivity index is 2.08. The van der Waals surface area contributed by atoms with Crippen LogP contribution in [0.15, 0.2) is 46.1 Å². The molecule has 1 saturated heterocycles. The molecule has 0 bridgehead atoms. The minimum absolute atomic E-state index is 0.333. The van der Waals surface area contributed by atoms with Crippen molar-refractivity contribution in [1.82, 2.24) is 9.55 Å². The van der Waals surface area contributed by atoms with Crippen LogP contribution in [0.4, 0.5) is 0 Å². The van der Waals surface area contributed by atoms with Crippen molar-refractivity contribution < 1.29 is 14.9 Å². The highest BCUT2D eigenvalue weighted by Gasteiger charge is 2.43. The lowest BCUT2D eigenvalue weighted by molar-refractivity contribution is -0.0455. The maximum Gasteiger partial charge on any atom is 0.330 e. The number of alkyl halides is 1. The van der Waals surface area contributed by atoms with E-state index in [0.717, 1.165) is 0 Å². The van der Waals surface area contributed by atoms with E-state index in [2.05, 4.69) is 4.98 Å². The number of nitrogens with one attached hydrogen (secondary N) is 1. The van der Waals surface area contributed by atoms with Gasteiger partial charge in [0.2, 0.25) is 0 Å². The minimum Gasteiger partial charge on any atom is -0.394 e. The van der Waals surface area contributed by atoms with Crippen LogP contribution >= 0.6 is 22.6 Å². The molecule has 0 aliphatic carbocycles. The third kappa shape index (κ3) is 2.99. The van der Waals surface area contributed by atoms with Crippen LogP contribution < -0.4 is 11.2 Å². The molecule has 0 saturated carbocycles. The lowest BCUT2D eigenvalue weighted by atomic mass is 10.1. The third-order valence-corrected chi connectivity index (χ3v) is 5.15. The average Bonchev–Trinajstić information content (AvgIpc) is 2.84. The van der Waals surface area contributed by atoms with E-state index in [9.17, 15) is 19.8 Å². The molecule has 23 heavy (non-hydrogen) atoms. The number of benzene rings is 1. The SMILES string of the molecule is O=c1[nH]c(=O)n([C@@H]2O[C@H](CO)[C@@H](O)C2I)cc1-c1ccccc1. The molecule has 1 unspecified atom stereocenters. The number of ether oxygens (including phenoxy) is 1. The molecule has 1 aromatic heterocycles. The van der Waals surface area contributed by atoms with Crippen LogP contribution in [0.25, 0.3) is 11.1 Å². The van der Waals surface area contributed by atoms with Gasteiger partial charge in [0.25, 0.3) is 5.56 Å². The fourth-order valence-corrected chi connectivity index (χ4v) is 3.56. The Morgan fingerprint density at radius 2 is 1.96 bits per heavy atom. The summed E-state index contributed by atoms with van der Waals surface area (Å²) >= 11 is 1.98. The summed E-state index contributed by atoms with van der Waals surface area (Å²) in [4.78, 5) is 26.5. The Kier molecular flexibility index (Phi) is 4.67. The fourth-order valence-electron chi connectivity index (χ4n) is 2.58. The highest BCUT2D eigenvalue weighted by atomic mass is 127. The molecule has 0 radical (unpaired) electrons. The van der Waals surface area contributed by atoms with Crippen molar-refractivity contribution in [3.05, 3.63) is 57.4 Å². The van der Waals surface area contributed by atoms with Gasteiger partial charge in [-0.15, -0.1) is 0 Å². The second-order valence-corrected chi connectivity index (χ2v) is 6.70. The molecular formula is C15H15IN2O5. The number of aromatic nitrogens is 2. The fraction of sp³-hybridized carbons (Fsp3) is 0.333. The van der Waals surface area contributed by atoms with Gasteiger partial charge < -0.3 is 14.9 Å². The largest absolute Gasteiger partial charge is 0.394 e. The van der Waals surface area contributed by atoms with E-state index in [0.29, 0.717) is 11.1 Å². The molecule has 3 N–H and O–H groups in total. The topological polar surface area (TPSA) is 105 Å². The summed E-state index contributed by atoms with van der Waals surface area (Å²) in [6, 6.07) is 8.95. The number of halogens is 1. The molecule has 0 spiro atoms. The second kappa shape index (κ2) is 6.56. The van der Waals surface area contributed by atoms with Gasteiger partial charge in [0, 0.05) is 6.20 Å². The lowest BCUT2D eigenvalue weighted by Gasteiger charge is -2.17. The molecule has 1 fully saturated rings. The number of aliphatic hydroxyl groups excluding tert-OH is 2. The maximum absolute atomic E-state index is 12.1. The van der Waals surface area contributed by atoms with Crippen LogP contribution in [-0.4, -0.2) is 42.5 Å². The number of rotatable bonds is 3. The first-order valence-electron chi connectivity index (χ1n) is 7.02. The highest BCUT2D eigenvalue weighted by Crippen LogP contribution is 2.34. The molecule has 2 heterocycles. The van der Waals surface area contributed by atoms with E-state index >= 15 is 0 Å². The number of hydrogen-bond donors (Lipinski definition) is 3. The normalized spacial score (nSPS) is 27.3. The average molecular weight is 430 g/mol. The summed E-state index contributed by atoms with van der Waals surface area (Å²) < 4.78 is 6.38. The van der Waals surface area contributed by atoms with Crippen LogP contribution in [0.1, 0.15) is 6.23 Å². The van der Waals surface area contributed by atoms with E-state index in [1.165, 1.54) is 10.8 Å². The van der Waals surface area contributed by atoms with E-state index in [1.807, 2.05) is 28.7 Å².